The molecule has 0 N–H and O–H groups in total. The van der Waals surface area contributed by atoms with Crippen molar-refractivity contribution in [1.82, 2.24) is 19.3 Å². The Hall–Kier alpha value is -2.71. The summed E-state index contributed by atoms with van der Waals surface area (Å²) in [6, 6.07) is 16.4. The van der Waals surface area contributed by atoms with Crippen molar-refractivity contribution < 1.29 is 13.2 Å². The van der Waals surface area contributed by atoms with E-state index < -0.39 is 10.0 Å². The van der Waals surface area contributed by atoms with Gasteiger partial charge < -0.3 is 4.74 Å². The van der Waals surface area contributed by atoms with Crippen LogP contribution >= 0.6 is 0 Å². The molecule has 0 bridgehead atoms. The van der Waals surface area contributed by atoms with Gasteiger partial charge in [-0.05, 0) is 44.5 Å². The Kier molecular flexibility index (Phi) is 5.38. The molecule has 4 rings (SSSR count). The summed E-state index contributed by atoms with van der Waals surface area (Å²) in [6.45, 7) is 4.70. The fourth-order valence-corrected chi connectivity index (χ4v) is 4.94. The zero-order chi connectivity index (χ0) is 20.4. The minimum Gasteiger partial charge on any atom is -0.491 e. The van der Waals surface area contributed by atoms with Crippen molar-refractivity contribution >= 4 is 10.0 Å². The molecule has 3 aromatic rings. The van der Waals surface area contributed by atoms with Gasteiger partial charge in [-0.25, -0.2) is 13.1 Å². The molecule has 1 aliphatic rings. The van der Waals surface area contributed by atoms with E-state index >= 15 is 0 Å². The van der Waals surface area contributed by atoms with Crippen LogP contribution < -0.4 is 4.74 Å². The third-order valence-electron chi connectivity index (χ3n) is 4.91. The lowest BCUT2D eigenvalue weighted by Gasteiger charge is -2.17. The molecule has 2 aromatic carbocycles. The molecule has 1 aliphatic heterocycles. The zero-order valence-electron chi connectivity index (χ0n) is 16.5. The number of benzene rings is 2. The molecule has 1 aromatic heterocycles. The number of sulfonamides is 1. The van der Waals surface area contributed by atoms with E-state index in [1.165, 1.54) is 4.31 Å². The molecule has 2 heterocycles. The molecule has 7 nitrogen and oxygen atoms in total. The van der Waals surface area contributed by atoms with Crippen molar-refractivity contribution in [2.45, 2.75) is 37.3 Å². The van der Waals surface area contributed by atoms with E-state index in [0.29, 0.717) is 25.3 Å². The predicted octanol–water partition coefficient (Wildman–Crippen LogP) is 3.37. The topological polar surface area (TPSA) is 77.3 Å². The summed E-state index contributed by atoms with van der Waals surface area (Å²) in [6.07, 6.45) is 2.62. The Morgan fingerprint density at radius 1 is 1.07 bits per heavy atom. The molecule has 0 saturated carbocycles. The second kappa shape index (κ2) is 7.96. The molecule has 1 atom stereocenters. The van der Waals surface area contributed by atoms with Crippen LogP contribution in [-0.4, -0.2) is 46.9 Å². The van der Waals surface area contributed by atoms with Crippen molar-refractivity contribution in [2.24, 2.45) is 0 Å². The number of hydrogen-bond donors (Lipinski definition) is 0. The molecular formula is C21H24N4O3S. The van der Waals surface area contributed by atoms with Gasteiger partial charge in [0.05, 0.1) is 23.2 Å². The van der Waals surface area contributed by atoms with Crippen LogP contribution in [0.4, 0.5) is 0 Å². The quantitative estimate of drug-likeness (QED) is 0.620. The van der Waals surface area contributed by atoms with Crippen LogP contribution in [0.1, 0.15) is 26.3 Å². The maximum atomic E-state index is 13.0. The normalized spacial score (nSPS) is 17.7. The van der Waals surface area contributed by atoms with Crippen LogP contribution in [0.15, 0.2) is 65.7 Å². The second-order valence-electron chi connectivity index (χ2n) is 7.39. The van der Waals surface area contributed by atoms with Crippen molar-refractivity contribution in [3.05, 3.63) is 60.8 Å². The Bertz CT molecular complexity index is 1060. The molecule has 8 heteroatoms. The molecule has 1 saturated heterocycles. The smallest absolute Gasteiger partial charge is 0.243 e. The van der Waals surface area contributed by atoms with E-state index in [9.17, 15) is 8.42 Å². The molecule has 29 heavy (non-hydrogen) atoms. The fraction of sp³-hybridized carbons (Fsp3) is 0.333. The standard InChI is InChI=1S/C21H24N4O3S/c1-16(2)28-19-8-10-20(11-9-19)29(26,27)24-13-12-18(14-24)25-15-21(22-23-25)17-6-4-3-5-7-17/h3-11,15-16,18H,12-14H2,1-2H3. The van der Waals surface area contributed by atoms with E-state index in [2.05, 4.69) is 10.3 Å². The number of nitrogens with zero attached hydrogens (tertiary/aromatic N) is 4. The van der Waals surface area contributed by atoms with Crippen molar-refractivity contribution in [2.75, 3.05) is 13.1 Å². The monoisotopic (exact) mass is 412 g/mol. The molecule has 0 spiro atoms. The van der Waals surface area contributed by atoms with Gasteiger partial charge in [0.25, 0.3) is 0 Å². The average Bonchev–Trinajstić information content (AvgIpc) is 3.39. The number of ether oxygens (including phenoxy) is 1. The van der Waals surface area contributed by atoms with Crippen LogP contribution in [0.5, 0.6) is 5.75 Å². The third-order valence-corrected chi connectivity index (χ3v) is 6.79. The first-order valence-corrected chi connectivity index (χ1v) is 11.1. The van der Waals surface area contributed by atoms with Gasteiger partial charge in [-0.3, -0.25) is 0 Å². The van der Waals surface area contributed by atoms with E-state index in [-0.39, 0.29) is 17.0 Å². The molecule has 0 aliphatic carbocycles. The van der Waals surface area contributed by atoms with Gasteiger partial charge in [0.1, 0.15) is 11.4 Å². The van der Waals surface area contributed by atoms with Crippen LogP contribution in [0, 0.1) is 0 Å². The lowest BCUT2D eigenvalue weighted by Crippen LogP contribution is -2.29. The molecule has 1 unspecified atom stereocenters. The molecule has 1 fully saturated rings. The van der Waals surface area contributed by atoms with Crippen molar-refractivity contribution in [1.29, 1.82) is 0 Å². The van der Waals surface area contributed by atoms with Gasteiger partial charge in [0, 0.05) is 18.7 Å². The highest BCUT2D eigenvalue weighted by Gasteiger charge is 2.34. The Morgan fingerprint density at radius 3 is 2.48 bits per heavy atom. The summed E-state index contributed by atoms with van der Waals surface area (Å²) in [5.41, 5.74) is 1.78. The van der Waals surface area contributed by atoms with E-state index in [1.807, 2.05) is 50.4 Å². The lowest BCUT2D eigenvalue weighted by molar-refractivity contribution is 0.242. The first-order valence-electron chi connectivity index (χ1n) is 9.67. The van der Waals surface area contributed by atoms with Crippen molar-refractivity contribution in [3.8, 4) is 17.0 Å². The number of rotatable bonds is 6. The minimum absolute atomic E-state index is 0.0294. The van der Waals surface area contributed by atoms with Gasteiger partial charge in [0.2, 0.25) is 10.0 Å². The van der Waals surface area contributed by atoms with E-state index in [0.717, 1.165) is 11.3 Å². The minimum atomic E-state index is -3.55. The zero-order valence-corrected chi connectivity index (χ0v) is 17.3. The largest absolute Gasteiger partial charge is 0.491 e. The summed E-state index contributed by atoms with van der Waals surface area (Å²) < 4.78 is 34.9. The Labute approximate surface area is 171 Å². The van der Waals surface area contributed by atoms with E-state index in [4.69, 9.17) is 4.74 Å². The summed E-state index contributed by atoms with van der Waals surface area (Å²) >= 11 is 0. The van der Waals surface area contributed by atoms with Gasteiger partial charge in [-0.2, -0.15) is 4.31 Å². The summed E-state index contributed by atoms with van der Waals surface area (Å²) in [5, 5.41) is 8.47. The van der Waals surface area contributed by atoms with Gasteiger partial charge >= 0.3 is 0 Å². The van der Waals surface area contributed by atoms with E-state index in [1.54, 1.807) is 28.9 Å². The van der Waals surface area contributed by atoms with Crippen molar-refractivity contribution in [3.63, 3.8) is 0 Å². The summed E-state index contributed by atoms with van der Waals surface area (Å²) in [5.74, 6) is 0.661. The first-order chi connectivity index (χ1) is 13.9. The number of hydrogen-bond acceptors (Lipinski definition) is 5. The Morgan fingerprint density at radius 2 is 1.79 bits per heavy atom. The highest BCUT2D eigenvalue weighted by atomic mass is 32.2. The highest BCUT2D eigenvalue weighted by Crippen LogP contribution is 2.29. The maximum Gasteiger partial charge on any atom is 0.243 e. The molecule has 0 radical (unpaired) electrons. The fourth-order valence-electron chi connectivity index (χ4n) is 3.45. The van der Waals surface area contributed by atoms with Crippen LogP contribution in [-0.2, 0) is 10.0 Å². The molecule has 152 valence electrons. The summed E-state index contributed by atoms with van der Waals surface area (Å²) in [4.78, 5) is 0.276. The number of aromatic nitrogens is 3. The maximum absolute atomic E-state index is 13.0. The van der Waals surface area contributed by atoms with Gasteiger partial charge in [-0.1, -0.05) is 35.5 Å². The SMILES string of the molecule is CC(C)Oc1ccc(S(=O)(=O)N2CCC(n3cc(-c4ccccc4)nn3)C2)cc1. The van der Waals surface area contributed by atoms with Crippen LogP contribution in [0.3, 0.4) is 0 Å². The van der Waals surface area contributed by atoms with Gasteiger partial charge in [0.15, 0.2) is 0 Å². The highest BCUT2D eigenvalue weighted by molar-refractivity contribution is 7.89. The molecule has 0 amide bonds. The third kappa shape index (κ3) is 4.18. The molecular weight excluding hydrogens is 388 g/mol. The van der Waals surface area contributed by atoms with Crippen LogP contribution in [0.2, 0.25) is 0 Å². The predicted molar refractivity (Wildman–Crippen MR) is 110 cm³/mol. The average molecular weight is 413 g/mol. The van der Waals surface area contributed by atoms with Crippen LogP contribution in [0.25, 0.3) is 11.3 Å². The summed E-state index contributed by atoms with van der Waals surface area (Å²) in [7, 11) is -3.55. The van der Waals surface area contributed by atoms with Gasteiger partial charge in [-0.15, -0.1) is 5.10 Å². The second-order valence-corrected chi connectivity index (χ2v) is 9.33. The lowest BCUT2D eigenvalue weighted by atomic mass is 10.2. The first kappa shape index (κ1) is 19.6. The Balaban J connectivity index is 1.47.